The lowest BCUT2D eigenvalue weighted by Gasteiger charge is -2.23. The molecule has 0 heterocycles. The molecule has 5 nitrogen and oxygen atoms in total. The zero-order valence-corrected chi connectivity index (χ0v) is 12.9. The van der Waals surface area contributed by atoms with E-state index in [-0.39, 0.29) is 0 Å². The van der Waals surface area contributed by atoms with Crippen LogP contribution in [0.3, 0.4) is 0 Å². The summed E-state index contributed by atoms with van der Waals surface area (Å²) in [5.41, 5.74) is 6.97. The van der Waals surface area contributed by atoms with Crippen LogP contribution in [-0.2, 0) is 6.42 Å². The van der Waals surface area contributed by atoms with E-state index in [9.17, 15) is 0 Å². The van der Waals surface area contributed by atoms with Gasteiger partial charge in [-0.3, -0.25) is 4.99 Å². The fraction of sp³-hybridized carbons (Fsp3) is 0.562. The number of nitrogens with zero attached hydrogens (tertiary/aromatic N) is 1. The van der Waals surface area contributed by atoms with Crippen LogP contribution >= 0.6 is 0 Å². The molecule has 2 rings (SSSR count). The number of hydrogen-bond donors (Lipinski definition) is 2. The zero-order chi connectivity index (χ0) is 15.1. The molecule has 21 heavy (non-hydrogen) atoms. The van der Waals surface area contributed by atoms with Gasteiger partial charge in [0, 0.05) is 13.1 Å². The van der Waals surface area contributed by atoms with Crippen molar-refractivity contribution in [2.24, 2.45) is 16.6 Å². The highest BCUT2D eigenvalue weighted by atomic mass is 16.5. The van der Waals surface area contributed by atoms with Crippen LogP contribution in [0, 0.1) is 5.92 Å². The van der Waals surface area contributed by atoms with E-state index in [4.69, 9.17) is 15.2 Å². The highest BCUT2D eigenvalue weighted by Gasteiger charge is 2.16. The SMILES string of the molecule is COc1ccc(OC)c(CCNC(N)=NCC2CCC2)c1. The lowest BCUT2D eigenvalue weighted by atomic mass is 9.86. The molecule has 0 aliphatic heterocycles. The Kier molecular flexibility index (Phi) is 5.72. The quantitative estimate of drug-likeness (QED) is 0.595. The number of ether oxygens (including phenoxy) is 2. The Morgan fingerprint density at radius 3 is 2.76 bits per heavy atom. The molecule has 0 unspecified atom stereocenters. The molecule has 0 saturated heterocycles. The molecular formula is C16H25N3O2. The standard InChI is InChI=1S/C16H25N3O2/c1-20-14-6-7-15(21-2)13(10-14)8-9-18-16(17)19-11-12-4-3-5-12/h6-7,10,12H,3-5,8-9,11H2,1-2H3,(H3,17,18,19). The van der Waals surface area contributed by atoms with Crippen molar-refractivity contribution in [1.29, 1.82) is 0 Å². The average Bonchev–Trinajstić information content (AvgIpc) is 2.45. The lowest BCUT2D eigenvalue weighted by molar-refractivity contribution is 0.326. The Balaban J connectivity index is 1.81. The fourth-order valence-corrected chi connectivity index (χ4v) is 2.36. The summed E-state index contributed by atoms with van der Waals surface area (Å²) in [6.45, 7) is 1.57. The highest BCUT2D eigenvalue weighted by Crippen LogP contribution is 2.26. The predicted molar refractivity (Wildman–Crippen MR) is 85.1 cm³/mol. The van der Waals surface area contributed by atoms with Crippen molar-refractivity contribution in [3.05, 3.63) is 23.8 Å². The largest absolute Gasteiger partial charge is 0.497 e. The van der Waals surface area contributed by atoms with Crippen LogP contribution < -0.4 is 20.5 Å². The van der Waals surface area contributed by atoms with E-state index >= 15 is 0 Å². The summed E-state index contributed by atoms with van der Waals surface area (Å²) < 4.78 is 10.6. The molecule has 0 atom stereocenters. The van der Waals surface area contributed by atoms with Gasteiger partial charge in [-0.25, -0.2) is 0 Å². The molecule has 3 N–H and O–H groups in total. The van der Waals surface area contributed by atoms with Crippen molar-refractivity contribution in [3.8, 4) is 11.5 Å². The maximum absolute atomic E-state index is 5.87. The summed E-state index contributed by atoms with van der Waals surface area (Å²) in [5, 5.41) is 3.15. The van der Waals surface area contributed by atoms with E-state index in [1.54, 1.807) is 14.2 Å². The summed E-state index contributed by atoms with van der Waals surface area (Å²) in [7, 11) is 3.34. The van der Waals surface area contributed by atoms with Crippen LogP contribution in [0.2, 0.25) is 0 Å². The van der Waals surface area contributed by atoms with E-state index in [2.05, 4.69) is 10.3 Å². The molecule has 1 saturated carbocycles. The van der Waals surface area contributed by atoms with Gasteiger partial charge in [-0.2, -0.15) is 0 Å². The monoisotopic (exact) mass is 291 g/mol. The molecule has 1 aliphatic rings. The predicted octanol–water partition coefficient (Wildman–Crippen LogP) is 1.95. The van der Waals surface area contributed by atoms with Gasteiger partial charge in [-0.15, -0.1) is 0 Å². The Labute approximate surface area is 126 Å². The van der Waals surface area contributed by atoms with Crippen molar-refractivity contribution in [2.75, 3.05) is 27.3 Å². The second-order valence-electron chi connectivity index (χ2n) is 5.38. The molecule has 1 fully saturated rings. The fourth-order valence-electron chi connectivity index (χ4n) is 2.36. The number of nitrogens with one attached hydrogen (secondary N) is 1. The van der Waals surface area contributed by atoms with Gasteiger partial charge in [0.05, 0.1) is 14.2 Å². The van der Waals surface area contributed by atoms with Crippen LogP contribution in [0.1, 0.15) is 24.8 Å². The van der Waals surface area contributed by atoms with Gasteiger partial charge in [-0.05, 0) is 48.9 Å². The second-order valence-corrected chi connectivity index (χ2v) is 5.38. The van der Waals surface area contributed by atoms with Crippen molar-refractivity contribution in [1.82, 2.24) is 5.32 Å². The molecule has 1 aliphatic carbocycles. The first kappa shape index (κ1) is 15.5. The highest BCUT2D eigenvalue weighted by molar-refractivity contribution is 5.77. The summed E-state index contributed by atoms with van der Waals surface area (Å²) in [6.07, 6.45) is 4.72. The van der Waals surface area contributed by atoms with E-state index < -0.39 is 0 Å². The number of rotatable bonds is 7. The molecule has 0 radical (unpaired) electrons. The molecule has 0 amide bonds. The molecule has 0 aromatic heterocycles. The Bertz CT molecular complexity index is 484. The third-order valence-electron chi connectivity index (χ3n) is 3.93. The van der Waals surface area contributed by atoms with Crippen molar-refractivity contribution < 1.29 is 9.47 Å². The number of guanidine groups is 1. The lowest BCUT2D eigenvalue weighted by Crippen LogP contribution is -2.34. The van der Waals surface area contributed by atoms with Crippen molar-refractivity contribution in [2.45, 2.75) is 25.7 Å². The van der Waals surface area contributed by atoms with Crippen LogP contribution in [-0.4, -0.2) is 33.3 Å². The van der Waals surface area contributed by atoms with Crippen LogP contribution in [0.4, 0.5) is 0 Å². The number of benzene rings is 1. The second kappa shape index (κ2) is 7.76. The van der Waals surface area contributed by atoms with Crippen molar-refractivity contribution >= 4 is 5.96 Å². The third kappa shape index (κ3) is 4.55. The Morgan fingerprint density at radius 2 is 2.14 bits per heavy atom. The van der Waals surface area contributed by atoms with Crippen LogP contribution in [0.15, 0.2) is 23.2 Å². The van der Waals surface area contributed by atoms with E-state index in [1.807, 2.05) is 18.2 Å². The van der Waals surface area contributed by atoms with Gasteiger partial charge in [0.2, 0.25) is 0 Å². The van der Waals surface area contributed by atoms with Gasteiger partial charge >= 0.3 is 0 Å². The summed E-state index contributed by atoms with van der Waals surface area (Å²) in [6, 6.07) is 5.80. The number of aliphatic imine (C=N–C) groups is 1. The van der Waals surface area contributed by atoms with Gasteiger partial charge in [-0.1, -0.05) is 6.42 Å². The minimum absolute atomic E-state index is 0.531. The maximum Gasteiger partial charge on any atom is 0.188 e. The van der Waals surface area contributed by atoms with Gasteiger partial charge < -0.3 is 20.5 Å². The van der Waals surface area contributed by atoms with Gasteiger partial charge in [0.1, 0.15) is 11.5 Å². The minimum Gasteiger partial charge on any atom is -0.497 e. The van der Waals surface area contributed by atoms with Crippen LogP contribution in [0.5, 0.6) is 11.5 Å². The minimum atomic E-state index is 0.531. The van der Waals surface area contributed by atoms with E-state index in [0.29, 0.717) is 5.96 Å². The maximum atomic E-state index is 5.87. The molecule has 1 aromatic carbocycles. The smallest absolute Gasteiger partial charge is 0.188 e. The van der Waals surface area contributed by atoms with Gasteiger partial charge in [0.15, 0.2) is 5.96 Å². The third-order valence-corrected chi connectivity index (χ3v) is 3.93. The number of nitrogens with two attached hydrogens (primary N) is 1. The van der Waals surface area contributed by atoms with E-state index in [0.717, 1.165) is 42.5 Å². The molecule has 1 aromatic rings. The molecule has 116 valence electrons. The Hall–Kier alpha value is -1.91. The molecular weight excluding hydrogens is 266 g/mol. The van der Waals surface area contributed by atoms with Crippen molar-refractivity contribution in [3.63, 3.8) is 0 Å². The van der Waals surface area contributed by atoms with Crippen LogP contribution in [0.25, 0.3) is 0 Å². The summed E-state index contributed by atoms with van der Waals surface area (Å²) >= 11 is 0. The molecule has 5 heteroatoms. The average molecular weight is 291 g/mol. The normalized spacial score (nSPS) is 15.4. The first-order valence-corrected chi connectivity index (χ1v) is 7.47. The summed E-state index contributed by atoms with van der Waals surface area (Å²) in [4.78, 5) is 4.38. The first-order valence-electron chi connectivity index (χ1n) is 7.47. The summed E-state index contributed by atoms with van der Waals surface area (Å²) in [5.74, 6) is 2.97. The number of methoxy groups -OCH3 is 2. The number of hydrogen-bond acceptors (Lipinski definition) is 3. The molecule has 0 spiro atoms. The zero-order valence-electron chi connectivity index (χ0n) is 12.9. The van der Waals surface area contributed by atoms with E-state index in [1.165, 1.54) is 19.3 Å². The first-order chi connectivity index (χ1) is 10.2. The van der Waals surface area contributed by atoms with Gasteiger partial charge in [0.25, 0.3) is 0 Å². The topological polar surface area (TPSA) is 68.9 Å². The molecule has 0 bridgehead atoms. The Morgan fingerprint density at radius 1 is 1.33 bits per heavy atom.